The molecule has 2 aromatic rings. The Morgan fingerprint density at radius 1 is 1.22 bits per heavy atom. The van der Waals surface area contributed by atoms with Crippen molar-refractivity contribution >= 4 is 21.1 Å². The van der Waals surface area contributed by atoms with Gasteiger partial charge in [0.2, 0.25) is 0 Å². The van der Waals surface area contributed by atoms with Crippen LogP contribution in [0.3, 0.4) is 0 Å². The zero-order chi connectivity index (χ0) is 16.0. The summed E-state index contributed by atoms with van der Waals surface area (Å²) < 4.78 is 33.3. The largest absolute Gasteiger partial charge is 0.393 e. The van der Waals surface area contributed by atoms with Crippen LogP contribution in [0, 0.1) is 0 Å². The summed E-state index contributed by atoms with van der Waals surface area (Å²) in [6, 6.07) is 5.75. The summed E-state index contributed by atoms with van der Waals surface area (Å²) in [4.78, 5) is 0. The van der Waals surface area contributed by atoms with Gasteiger partial charge in [0.15, 0.2) is 0 Å². The standard InChI is InChI=1S/C15H19N3O4S/c19-14-3-5-17(6-4-14)23(20,21)18-15-2-1-11(13-9-22-10-13)7-12(15)8-16-18/h1-2,7-8,13-14,19H,3-6,9-10H2. The second kappa shape index (κ2) is 5.55. The summed E-state index contributed by atoms with van der Waals surface area (Å²) in [5.41, 5.74) is 1.74. The maximum atomic E-state index is 12.8. The van der Waals surface area contributed by atoms with Gasteiger partial charge in [-0.1, -0.05) is 6.07 Å². The van der Waals surface area contributed by atoms with Crippen LogP contribution in [0.25, 0.3) is 10.9 Å². The van der Waals surface area contributed by atoms with Gasteiger partial charge in [-0.25, -0.2) is 0 Å². The molecule has 0 saturated carbocycles. The molecule has 0 amide bonds. The Morgan fingerprint density at radius 2 is 1.96 bits per heavy atom. The first-order valence-corrected chi connectivity index (χ1v) is 9.19. The van der Waals surface area contributed by atoms with E-state index in [1.54, 1.807) is 6.20 Å². The molecule has 2 aliphatic rings. The third kappa shape index (κ3) is 2.55. The van der Waals surface area contributed by atoms with Crippen molar-refractivity contribution in [3.63, 3.8) is 0 Å². The molecule has 4 rings (SSSR count). The van der Waals surface area contributed by atoms with Crippen LogP contribution < -0.4 is 0 Å². The third-order valence-electron chi connectivity index (χ3n) is 4.64. The molecule has 0 spiro atoms. The van der Waals surface area contributed by atoms with Gasteiger partial charge in [-0.05, 0) is 30.5 Å². The fraction of sp³-hybridized carbons (Fsp3) is 0.533. The van der Waals surface area contributed by atoms with Crippen LogP contribution in [0.4, 0.5) is 0 Å². The number of aliphatic hydroxyl groups excluding tert-OH is 1. The molecule has 1 N–H and O–H groups in total. The molecule has 0 aliphatic carbocycles. The normalized spacial score (nSPS) is 21.6. The van der Waals surface area contributed by atoms with Crippen molar-refractivity contribution in [2.24, 2.45) is 0 Å². The maximum absolute atomic E-state index is 12.8. The smallest absolute Gasteiger partial charge is 0.323 e. The van der Waals surface area contributed by atoms with Gasteiger partial charge in [-0.15, -0.1) is 4.09 Å². The lowest BCUT2D eigenvalue weighted by atomic mass is 9.97. The Bertz CT molecular complexity index is 820. The van der Waals surface area contributed by atoms with Gasteiger partial charge in [0, 0.05) is 24.4 Å². The van der Waals surface area contributed by atoms with Crippen molar-refractivity contribution in [1.82, 2.24) is 13.5 Å². The van der Waals surface area contributed by atoms with Crippen molar-refractivity contribution in [3.8, 4) is 0 Å². The molecule has 23 heavy (non-hydrogen) atoms. The third-order valence-corrected chi connectivity index (χ3v) is 6.38. The average molecular weight is 337 g/mol. The number of piperidine rings is 1. The Morgan fingerprint density at radius 3 is 2.61 bits per heavy atom. The molecule has 2 aliphatic heterocycles. The molecule has 2 saturated heterocycles. The number of aromatic nitrogens is 2. The van der Waals surface area contributed by atoms with Gasteiger partial charge >= 0.3 is 10.2 Å². The summed E-state index contributed by atoms with van der Waals surface area (Å²) in [5.74, 6) is 0.392. The van der Waals surface area contributed by atoms with E-state index < -0.39 is 16.3 Å². The molecule has 1 aromatic heterocycles. The molecule has 124 valence electrons. The van der Waals surface area contributed by atoms with Gasteiger partial charge in [0.1, 0.15) is 0 Å². The van der Waals surface area contributed by atoms with E-state index in [2.05, 4.69) is 5.10 Å². The lowest BCUT2D eigenvalue weighted by Crippen LogP contribution is -2.43. The van der Waals surface area contributed by atoms with Gasteiger partial charge in [-0.2, -0.15) is 17.8 Å². The molecule has 0 atom stereocenters. The summed E-state index contributed by atoms with van der Waals surface area (Å²) in [6.07, 6.45) is 2.10. The average Bonchev–Trinajstić information content (AvgIpc) is 2.90. The number of rotatable bonds is 3. The molecular formula is C15H19N3O4S. The molecule has 1 aromatic carbocycles. The van der Waals surface area contributed by atoms with E-state index in [9.17, 15) is 13.5 Å². The quantitative estimate of drug-likeness (QED) is 0.891. The molecule has 0 unspecified atom stereocenters. The van der Waals surface area contributed by atoms with Crippen LogP contribution in [0.15, 0.2) is 24.4 Å². The molecule has 2 fully saturated rings. The molecule has 7 nitrogen and oxygen atoms in total. The second-order valence-corrected chi connectivity index (χ2v) is 7.94. The van der Waals surface area contributed by atoms with Gasteiger partial charge in [-0.3, -0.25) is 0 Å². The first-order valence-electron chi connectivity index (χ1n) is 7.80. The number of benzene rings is 1. The minimum atomic E-state index is -3.69. The van der Waals surface area contributed by atoms with Gasteiger partial charge in [0.05, 0.1) is 31.0 Å². The molecule has 8 heteroatoms. The maximum Gasteiger partial charge on any atom is 0.323 e. The van der Waals surface area contributed by atoms with Gasteiger partial charge < -0.3 is 9.84 Å². The predicted molar refractivity (Wildman–Crippen MR) is 84.4 cm³/mol. The van der Waals surface area contributed by atoms with Crippen LogP contribution in [0.5, 0.6) is 0 Å². The highest BCUT2D eigenvalue weighted by Crippen LogP contribution is 2.28. The van der Waals surface area contributed by atoms with Crippen LogP contribution in [0.2, 0.25) is 0 Å². The van der Waals surface area contributed by atoms with E-state index in [1.165, 1.54) is 4.31 Å². The lowest BCUT2D eigenvalue weighted by Gasteiger charge is -2.28. The van der Waals surface area contributed by atoms with Crippen LogP contribution in [0.1, 0.15) is 24.3 Å². The highest BCUT2D eigenvalue weighted by atomic mass is 32.2. The van der Waals surface area contributed by atoms with E-state index in [0.717, 1.165) is 15.0 Å². The van der Waals surface area contributed by atoms with Gasteiger partial charge in [0.25, 0.3) is 0 Å². The van der Waals surface area contributed by atoms with Crippen molar-refractivity contribution < 1.29 is 18.3 Å². The Balaban J connectivity index is 1.68. The first-order chi connectivity index (χ1) is 11.1. The van der Waals surface area contributed by atoms with Crippen molar-refractivity contribution in [2.45, 2.75) is 24.9 Å². The van der Waals surface area contributed by atoms with E-state index >= 15 is 0 Å². The van der Waals surface area contributed by atoms with Crippen molar-refractivity contribution in [1.29, 1.82) is 0 Å². The van der Waals surface area contributed by atoms with E-state index in [-0.39, 0.29) is 0 Å². The Labute approximate surface area is 134 Å². The summed E-state index contributed by atoms with van der Waals surface area (Å²) in [6.45, 7) is 2.08. The lowest BCUT2D eigenvalue weighted by molar-refractivity contribution is 0.00847. The number of aliphatic hydroxyl groups is 1. The molecule has 0 radical (unpaired) electrons. The first kappa shape index (κ1) is 15.1. The fourth-order valence-corrected chi connectivity index (χ4v) is 4.55. The van der Waals surface area contributed by atoms with Crippen LogP contribution in [-0.2, 0) is 14.9 Å². The predicted octanol–water partition coefficient (Wildman–Crippen LogP) is 0.700. The molecule has 0 bridgehead atoms. The summed E-state index contributed by atoms with van der Waals surface area (Å²) in [7, 11) is -3.69. The zero-order valence-corrected chi connectivity index (χ0v) is 13.4. The summed E-state index contributed by atoms with van der Waals surface area (Å²) in [5, 5.41) is 14.5. The fourth-order valence-electron chi connectivity index (χ4n) is 3.08. The number of hydrogen-bond donors (Lipinski definition) is 1. The number of fused-ring (bicyclic) bond motifs is 1. The van der Waals surface area contributed by atoms with E-state index in [4.69, 9.17) is 4.74 Å². The molecule has 3 heterocycles. The zero-order valence-electron chi connectivity index (χ0n) is 12.6. The Kier molecular flexibility index (Phi) is 3.64. The number of nitrogens with zero attached hydrogens (tertiary/aromatic N) is 3. The number of hydrogen-bond acceptors (Lipinski definition) is 5. The van der Waals surface area contributed by atoms with Crippen LogP contribution >= 0.6 is 0 Å². The summed E-state index contributed by atoms with van der Waals surface area (Å²) >= 11 is 0. The minimum Gasteiger partial charge on any atom is -0.393 e. The van der Waals surface area contributed by atoms with Crippen molar-refractivity contribution in [2.75, 3.05) is 26.3 Å². The Hall–Kier alpha value is -1.48. The van der Waals surface area contributed by atoms with E-state index in [0.29, 0.717) is 50.6 Å². The monoisotopic (exact) mass is 337 g/mol. The minimum absolute atomic E-state index is 0.322. The number of ether oxygens (including phenoxy) is 1. The SMILES string of the molecule is O=S(=O)(N1CCC(O)CC1)n1ncc2cc(C3COC3)ccc21. The second-order valence-electron chi connectivity index (χ2n) is 6.18. The highest BCUT2D eigenvalue weighted by Gasteiger charge is 2.30. The molecular weight excluding hydrogens is 318 g/mol. The topological polar surface area (TPSA) is 84.7 Å². The van der Waals surface area contributed by atoms with Crippen LogP contribution in [-0.4, -0.2) is 59.4 Å². The van der Waals surface area contributed by atoms with E-state index in [1.807, 2.05) is 18.2 Å². The highest BCUT2D eigenvalue weighted by molar-refractivity contribution is 7.87. The van der Waals surface area contributed by atoms with Crippen molar-refractivity contribution in [3.05, 3.63) is 30.0 Å².